The maximum Gasteiger partial charge on any atom is 0.252 e. The van der Waals surface area contributed by atoms with E-state index in [-0.39, 0.29) is 19.1 Å². The molecule has 0 unspecified atom stereocenters. The number of carbonyl (C=O) groups is 1. The Hall–Kier alpha value is -2.71. The van der Waals surface area contributed by atoms with Gasteiger partial charge in [-0.3, -0.25) is 4.79 Å². The molecule has 0 radical (unpaired) electrons. The van der Waals surface area contributed by atoms with Gasteiger partial charge in [0.05, 0.1) is 25.9 Å². The number of aromatic nitrogens is 2. The van der Waals surface area contributed by atoms with E-state index in [0.717, 1.165) is 61.6 Å². The molecule has 8 nitrogen and oxygen atoms in total. The minimum Gasteiger partial charge on any atom is -0.494 e. The molecule has 35 heavy (non-hydrogen) atoms. The Bertz CT molecular complexity index is 929. The third-order valence-electron chi connectivity index (χ3n) is 6.76. The van der Waals surface area contributed by atoms with Gasteiger partial charge >= 0.3 is 0 Å². The van der Waals surface area contributed by atoms with E-state index in [1.807, 2.05) is 38.4 Å². The lowest BCUT2D eigenvalue weighted by molar-refractivity contribution is 0.0878. The number of amides is 1. The summed E-state index contributed by atoms with van der Waals surface area (Å²) in [5.41, 5.74) is 3.34. The molecule has 0 bridgehead atoms. The van der Waals surface area contributed by atoms with E-state index in [0.29, 0.717) is 24.0 Å². The summed E-state index contributed by atoms with van der Waals surface area (Å²) in [6, 6.07) is 3.08. The Labute approximate surface area is 208 Å². The molecule has 1 aromatic carbocycles. The van der Waals surface area contributed by atoms with E-state index in [4.69, 9.17) is 4.74 Å². The van der Waals surface area contributed by atoms with E-state index in [1.165, 1.54) is 5.56 Å². The van der Waals surface area contributed by atoms with Crippen LogP contribution in [0.15, 0.2) is 24.5 Å². The summed E-state index contributed by atoms with van der Waals surface area (Å²) in [4.78, 5) is 23.9. The molecular weight excluding hydrogens is 444 g/mol. The zero-order valence-corrected chi connectivity index (χ0v) is 21.5. The van der Waals surface area contributed by atoms with Gasteiger partial charge in [-0.05, 0) is 80.2 Å². The lowest BCUT2D eigenvalue weighted by atomic mass is 9.92. The largest absolute Gasteiger partial charge is 0.494 e. The summed E-state index contributed by atoms with van der Waals surface area (Å²) in [6.45, 7) is 10.0. The summed E-state index contributed by atoms with van der Waals surface area (Å²) in [7, 11) is 0. The Morgan fingerprint density at radius 2 is 1.71 bits per heavy atom. The maximum absolute atomic E-state index is 12.5. The molecule has 1 aliphatic heterocycles. The molecule has 1 saturated heterocycles. The van der Waals surface area contributed by atoms with Crippen LogP contribution in [0.3, 0.4) is 0 Å². The van der Waals surface area contributed by atoms with Crippen LogP contribution in [0.5, 0.6) is 5.75 Å². The summed E-state index contributed by atoms with van der Waals surface area (Å²) in [6.07, 6.45) is 8.28. The number of benzene rings is 1. The lowest BCUT2D eigenvalue weighted by Crippen LogP contribution is -2.40. The van der Waals surface area contributed by atoms with Crippen molar-refractivity contribution in [3.8, 4) is 5.75 Å². The third kappa shape index (κ3) is 7.39. The van der Waals surface area contributed by atoms with Gasteiger partial charge in [0, 0.05) is 31.0 Å². The quantitative estimate of drug-likeness (QED) is 0.420. The Kier molecular flexibility index (Phi) is 9.86. The van der Waals surface area contributed by atoms with Crippen molar-refractivity contribution in [1.82, 2.24) is 15.3 Å². The number of rotatable bonds is 11. The van der Waals surface area contributed by atoms with Crippen LogP contribution in [-0.4, -0.2) is 65.0 Å². The average molecular weight is 485 g/mol. The first-order chi connectivity index (χ1) is 16.8. The second kappa shape index (κ2) is 12.8. The maximum atomic E-state index is 12.5. The molecule has 8 heteroatoms. The summed E-state index contributed by atoms with van der Waals surface area (Å²) in [5.74, 6) is 2.42. The highest BCUT2D eigenvalue weighted by atomic mass is 16.5. The molecule has 0 atom stereocenters. The first-order valence-electron chi connectivity index (χ1n) is 12.7. The van der Waals surface area contributed by atoms with Crippen molar-refractivity contribution >= 4 is 11.9 Å². The predicted molar refractivity (Wildman–Crippen MR) is 137 cm³/mol. The van der Waals surface area contributed by atoms with Gasteiger partial charge in [0.2, 0.25) is 5.95 Å². The number of carbonyl (C=O) groups excluding carboxylic acids is 1. The second-order valence-electron chi connectivity index (χ2n) is 9.86. The molecule has 0 aliphatic carbocycles. The zero-order valence-electron chi connectivity index (χ0n) is 21.5. The first kappa shape index (κ1) is 26.9. The summed E-state index contributed by atoms with van der Waals surface area (Å²) in [5, 5.41) is 21.1. The summed E-state index contributed by atoms with van der Waals surface area (Å²) < 4.78 is 6.00. The predicted octanol–water partition coefficient (Wildman–Crippen LogP) is 3.38. The van der Waals surface area contributed by atoms with Gasteiger partial charge < -0.3 is 25.2 Å². The number of ether oxygens (including phenoxy) is 1. The Balaban J connectivity index is 1.42. The average Bonchev–Trinajstić information content (AvgIpc) is 2.85. The molecule has 1 aliphatic rings. The molecule has 3 rings (SSSR count). The van der Waals surface area contributed by atoms with Crippen molar-refractivity contribution in [3.05, 3.63) is 46.8 Å². The Morgan fingerprint density at radius 3 is 2.26 bits per heavy atom. The minimum absolute atomic E-state index is 0.299. The fourth-order valence-corrected chi connectivity index (χ4v) is 4.55. The normalized spacial score (nSPS) is 14.6. The van der Waals surface area contributed by atoms with Crippen LogP contribution >= 0.6 is 0 Å². The number of piperidine rings is 1. The number of aryl methyl sites for hydroxylation is 2. The van der Waals surface area contributed by atoms with Crippen molar-refractivity contribution in [2.24, 2.45) is 5.92 Å². The number of aliphatic hydroxyl groups excluding tert-OH is 2. The smallest absolute Gasteiger partial charge is 0.252 e. The SMILES string of the molecule is Cc1cc(OCCCC2CCN(c3ncc(C(C)C)cn3)CC2)cc(C)c1C(=O)NC(CO)CO. The minimum atomic E-state index is -0.665. The zero-order chi connectivity index (χ0) is 25.4. The van der Waals surface area contributed by atoms with Crippen LogP contribution in [0.4, 0.5) is 5.95 Å². The van der Waals surface area contributed by atoms with Crippen molar-refractivity contribution < 1.29 is 19.7 Å². The molecule has 0 spiro atoms. The fourth-order valence-electron chi connectivity index (χ4n) is 4.55. The molecule has 2 aromatic rings. The standard InChI is InChI=1S/C27H40N4O4/c1-18(2)22-14-28-27(29-15-22)31-9-7-21(8-10-31)6-5-11-35-24-12-19(3)25(20(4)13-24)26(34)30-23(16-32)17-33/h12-15,18,21,23,32-33H,5-11,16-17H2,1-4H3,(H,30,34). The highest BCUT2D eigenvalue weighted by molar-refractivity contribution is 5.97. The topological polar surface area (TPSA) is 108 Å². The van der Waals surface area contributed by atoms with Crippen LogP contribution in [0.25, 0.3) is 0 Å². The monoisotopic (exact) mass is 484 g/mol. The van der Waals surface area contributed by atoms with Gasteiger partial charge in [0.25, 0.3) is 5.91 Å². The van der Waals surface area contributed by atoms with E-state index in [9.17, 15) is 15.0 Å². The lowest BCUT2D eigenvalue weighted by Gasteiger charge is -2.32. The van der Waals surface area contributed by atoms with Crippen molar-refractivity contribution in [1.29, 1.82) is 0 Å². The Morgan fingerprint density at radius 1 is 1.11 bits per heavy atom. The number of anilines is 1. The molecule has 2 heterocycles. The van der Waals surface area contributed by atoms with Gasteiger partial charge in [-0.15, -0.1) is 0 Å². The molecule has 192 valence electrons. The van der Waals surface area contributed by atoms with E-state index in [1.54, 1.807) is 0 Å². The van der Waals surface area contributed by atoms with Crippen LogP contribution < -0.4 is 15.0 Å². The number of hydrogen-bond donors (Lipinski definition) is 3. The van der Waals surface area contributed by atoms with E-state index >= 15 is 0 Å². The molecule has 1 amide bonds. The fraction of sp³-hybridized carbons (Fsp3) is 0.593. The number of hydrogen-bond acceptors (Lipinski definition) is 7. The molecule has 0 saturated carbocycles. The highest BCUT2D eigenvalue weighted by Crippen LogP contribution is 2.26. The summed E-state index contributed by atoms with van der Waals surface area (Å²) >= 11 is 0. The van der Waals surface area contributed by atoms with Crippen LogP contribution in [0, 0.1) is 19.8 Å². The second-order valence-corrected chi connectivity index (χ2v) is 9.86. The van der Waals surface area contributed by atoms with E-state index < -0.39 is 6.04 Å². The number of nitrogens with one attached hydrogen (secondary N) is 1. The van der Waals surface area contributed by atoms with Crippen LogP contribution in [-0.2, 0) is 0 Å². The number of aliphatic hydroxyl groups is 2. The number of nitrogens with zero attached hydrogens (tertiary/aromatic N) is 3. The van der Waals surface area contributed by atoms with Gasteiger partial charge in [0.1, 0.15) is 5.75 Å². The third-order valence-corrected chi connectivity index (χ3v) is 6.76. The van der Waals surface area contributed by atoms with Crippen molar-refractivity contribution in [3.63, 3.8) is 0 Å². The van der Waals surface area contributed by atoms with Gasteiger partial charge in [-0.25, -0.2) is 9.97 Å². The van der Waals surface area contributed by atoms with Crippen molar-refractivity contribution in [2.75, 3.05) is 37.8 Å². The highest BCUT2D eigenvalue weighted by Gasteiger charge is 2.21. The molecule has 1 aromatic heterocycles. The van der Waals surface area contributed by atoms with Gasteiger partial charge in [0.15, 0.2) is 0 Å². The van der Waals surface area contributed by atoms with Crippen molar-refractivity contribution in [2.45, 2.75) is 65.3 Å². The molecule has 1 fully saturated rings. The first-order valence-corrected chi connectivity index (χ1v) is 12.7. The molecule has 3 N–H and O–H groups in total. The van der Waals surface area contributed by atoms with Gasteiger partial charge in [-0.2, -0.15) is 0 Å². The van der Waals surface area contributed by atoms with Gasteiger partial charge in [-0.1, -0.05) is 13.8 Å². The van der Waals surface area contributed by atoms with Crippen LogP contribution in [0.2, 0.25) is 0 Å². The van der Waals surface area contributed by atoms with E-state index in [2.05, 4.69) is 34.0 Å². The molecular formula is C27H40N4O4. The van der Waals surface area contributed by atoms with Crippen LogP contribution in [0.1, 0.15) is 72.5 Å².